The van der Waals surface area contributed by atoms with Gasteiger partial charge in [0.2, 0.25) is 0 Å². The van der Waals surface area contributed by atoms with Gasteiger partial charge in [0.25, 0.3) is 0 Å². The zero-order chi connectivity index (χ0) is 18.0. The van der Waals surface area contributed by atoms with Crippen molar-refractivity contribution in [2.75, 3.05) is 21.3 Å². The van der Waals surface area contributed by atoms with Crippen molar-refractivity contribution < 1.29 is 43.1 Å². The van der Waals surface area contributed by atoms with Gasteiger partial charge < -0.3 is 19.0 Å². The van der Waals surface area contributed by atoms with E-state index >= 15 is 0 Å². The summed E-state index contributed by atoms with van der Waals surface area (Å²) in [6.45, 7) is 1.34. The maximum absolute atomic E-state index is 12.2. The molecular weight excluding hydrogens is 326 g/mol. The molecule has 24 heavy (non-hydrogen) atoms. The number of hydroxylamine groups is 2. The van der Waals surface area contributed by atoms with Crippen molar-refractivity contribution in [2.24, 2.45) is 11.8 Å². The Balaban J connectivity index is 2.38. The van der Waals surface area contributed by atoms with Gasteiger partial charge in [-0.3, -0.25) is 14.5 Å². The minimum absolute atomic E-state index is 0.0638. The van der Waals surface area contributed by atoms with Crippen LogP contribution in [0.25, 0.3) is 0 Å². The third-order valence-electron chi connectivity index (χ3n) is 4.06. The normalized spacial score (nSPS) is 32.1. The molecule has 0 bridgehead atoms. The number of Topliss-reactive ketones (excluding diaryl/α,β-unsaturated/α-hetero) is 1. The van der Waals surface area contributed by atoms with Crippen LogP contribution < -0.4 is 0 Å². The van der Waals surface area contributed by atoms with Crippen LogP contribution in [0.3, 0.4) is 0 Å². The second-order valence-corrected chi connectivity index (χ2v) is 5.49. The first kappa shape index (κ1) is 18.3. The van der Waals surface area contributed by atoms with E-state index in [9.17, 15) is 19.2 Å². The second-order valence-electron chi connectivity index (χ2n) is 5.49. The van der Waals surface area contributed by atoms with Crippen LogP contribution in [0.1, 0.15) is 13.3 Å². The van der Waals surface area contributed by atoms with Crippen LogP contribution in [0.2, 0.25) is 0 Å². The van der Waals surface area contributed by atoms with Crippen LogP contribution in [0.5, 0.6) is 0 Å². The Bertz CT molecular complexity index is 548. The molecule has 0 unspecified atom stereocenters. The number of hydrogen-bond acceptors (Lipinski definition) is 10. The summed E-state index contributed by atoms with van der Waals surface area (Å²) in [4.78, 5) is 58.2. The molecule has 2 rings (SSSR count). The van der Waals surface area contributed by atoms with E-state index in [1.165, 1.54) is 14.0 Å². The lowest BCUT2D eigenvalue weighted by molar-refractivity contribution is -0.350. The smallest absolute Gasteiger partial charge is 0.338 e. The number of hydrogen-bond donors (Lipinski definition) is 0. The topological polar surface area (TPSA) is 118 Å². The molecule has 0 radical (unpaired) electrons. The minimum atomic E-state index is -1.29. The van der Waals surface area contributed by atoms with Gasteiger partial charge in [-0.05, 0) is 6.92 Å². The van der Waals surface area contributed by atoms with E-state index in [-0.39, 0.29) is 12.2 Å². The molecule has 0 spiro atoms. The molecule has 10 nitrogen and oxygen atoms in total. The van der Waals surface area contributed by atoms with Gasteiger partial charge in [0.1, 0.15) is 11.7 Å². The lowest BCUT2D eigenvalue weighted by Gasteiger charge is -2.22. The summed E-state index contributed by atoms with van der Waals surface area (Å²) in [5.74, 6) is -4.31. The fraction of sp³-hybridized carbons (Fsp3) is 0.714. The number of ketones is 1. The zero-order valence-electron chi connectivity index (χ0n) is 13.7. The Kier molecular flexibility index (Phi) is 5.52. The molecule has 0 saturated carbocycles. The van der Waals surface area contributed by atoms with Gasteiger partial charge in [0.05, 0.1) is 27.4 Å². The van der Waals surface area contributed by atoms with Crippen LogP contribution in [-0.2, 0) is 43.1 Å². The standard InChI is InChI=1S/C14H19NO9/c1-6(16)5-7-9-8(12(17)20-2)11(14(19)22-4)24-15(9)23-10(7)13(18)21-3/h7-11H,5H2,1-4H3/t7-,8-,9+,10+,11-/m1/s1. The number of ether oxygens (including phenoxy) is 3. The zero-order valence-corrected chi connectivity index (χ0v) is 13.7. The number of nitrogens with zero attached hydrogens (tertiary/aromatic N) is 1. The van der Waals surface area contributed by atoms with Gasteiger partial charge in [-0.1, -0.05) is 5.23 Å². The molecule has 0 N–H and O–H groups in total. The second kappa shape index (κ2) is 7.24. The molecule has 2 saturated heterocycles. The number of carbonyl (C=O) groups is 4. The van der Waals surface area contributed by atoms with Crippen molar-refractivity contribution in [3.8, 4) is 0 Å². The van der Waals surface area contributed by atoms with Gasteiger partial charge in [-0.15, -0.1) is 0 Å². The van der Waals surface area contributed by atoms with Crippen molar-refractivity contribution in [1.29, 1.82) is 0 Å². The summed E-state index contributed by atoms with van der Waals surface area (Å²) in [7, 11) is 3.48. The Morgan fingerprint density at radius 1 is 0.875 bits per heavy atom. The Hall–Kier alpha value is -2.04. The summed E-state index contributed by atoms with van der Waals surface area (Å²) < 4.78 is 14.0. The summed E-state index contributed by atoms with van der Waals surface area (Å²) >= 11 is 0. The summed E-state index contributed by atoms with van der Waals surface area (Å²) in [5, 5.41) is 0.901. The van der Waals surface area contributed by atoms with Gasteiger partial charge in [-0.25, -0.2) is 9.59 Å². The molecule has 2 fully saturated rings. The maximum atomic E-state index is 12.2. The van der Waals surface area contributed by atoms with E-state index in [1.54, 1.807) is 0 Å². The number of methoxy groups -OCH3 is 3. The molecule has 134 valence electrons. The molecule has 2 heterocycles. The molecule has 0 aromatic carbocycles. The van der Waals surface area contributed by atoms with Gasteiger partial charge >= 0.3 is 17.9 Å². The van der Waals surface area contributed by atoms with E-state index < -0.39 is 48.0 Å². The molecule has 5 atom stereocenters. The number of rotatable bonds is 5. The highest BCUT2D eigenvalue weighted by atomic mass is 17.0. The lowest BCUT2D eigenvalue weighted by Crippen LogP contribution is -2.44. The molecule has 2 aliphatic heterocycles. The molecule has 10 heteroatoms. The van der Waals surface area contributed by atoms with Crippen molar-refractivity contribution in [3.63, 3.8) is 0 Å². The fourth-order valence-electron chi connectivity index (χ4n) is 3.04. The predicted molar refractivity (Wildman–Crippen MR) is 73.7 cm³/mol. The van der Waals surface area contributed by atoms with Gasteiger partial charge in [0, 0.05) is 12.3 Å². The van der Waals surface area contributed by atoms with E-state index in [0.717, 1.165) is 19.4 Å². The number of fused-ring (bicyclic) bond motifs is 1. The average molecular weight is 345 g/mol. The highest BCUT2D eigenvalue weighted by Gasteiger charge is 2.63. The maximum Gasteiger partial charge on any atom is 0.338 e. The molecule has 0 aromatic rings. The summed E-state index contributed by atoms with van der Waals surface area (Å²) in [6, 6.07) is -0.866. The van der Waals surface area contributed by atoms with Crippen LogP contribution in [0.15, 0.2) is 0 Å². The minimum Gasteiger partial charge on any atom is -0.469 e. The molecular formula is C14H19NO9. The summed E-state index contributed by atoms with van der Waals surface area (Å²) in [6.07, 6.45) is -2.48. The van der Waals surface area contributed by atoms with Crippen molar-refractivity contribution >= 4 is 23.7 Å². The summed E-state index contributed by atoms with van der Waals surface area (Å²) in [5.41, 5.74) is 0. The highest BCUT2D eigenvalue weighted by molar-refractivity contribution is 5.86. The predicted octanol–water partition coefficient (Wildman–Crippen LogP) is -0.985. The van der Waals surface area contributed by atoms with Crippen LogP contribution in [0.4, 0.5) is 0 Å². The molecule has 0 aliphatic carbocycles. The monoisotopic (exact) mass is 345 g/mol. The van der Waals surface area contributed by atoms with Crippen LogP contribution in [-0.4, -0.2) is 68.5 Å². The first-order valence-corrected chi connectivity index (χ1v) is 7.21. The van der Waals surface area contributed by atoms with Gasteiger partial charge in [-0.2, -0.15) is 0 Å². The van der Waals surface area contributed by atoms with E-state index in [4.69, 9.17) is 14.4 Å². The quantitative estimate of drug-likeness (QED) is 0.454. The first-order chi connectivity index (χ1) is 11.3. The SMILES string of the molecule is COC(=O)[C@@H]1[C@@H]2[C@@H](CC(C)=O)[C@@H](C(=O)OC)ON2O[C@H]1C(=O)OC. The van der Waals surface area contributed by atoms with E-state index in [1.807, 2.05) is 0 Å². The third-order valence-corrected chi connectivity index (χ3v) is 4.06. The fourth-order valence-corrected chi connectivity index (χ4v) is 3.04. The van der Waals surface area contributed by atoms with E-state index in [2.05, 4.69) is 9.47 Å². The first-order valence-electron chi connectivity index (χ1n) is 7.21. The molecule has 0 amide bonds. The number of esters is 3. The van der Waals surface area contributed by atoms with Crippen molar-refractivity contribution in [3.05, 3.63) is 0 Å². The third kappa shape index (κ3) is 3.12. The highest BCUT2D eigenvalue weighted by Crippen LogP contribution is 2.43. The molecule has 0 aromatic heterocycles. The van der Waals surface area contributed by atoms with Gasteiger partial charge in [0.15, 0.2) is 12.2 Å². The Morgan fingerprint density at radius 2 is 1.38 bits per heavy atom. The van der Waals surface area contributed by atoms with Crippen LogP contribution in [0, 0.1) is 11.8 Å². The average Bonchev–Trinajstić information content (AvgIpc) is 3.09. The van der Waals surface area contributed by atoms with Crippen molar-refractivity contribution in [1.82, 2.24) is 5.23 Å². The lowest BCUT2D eigenvalue weighted by atomic mass is 9.81. The number of carbonyl (C=O) groups excluding carboxylic acids is 4. The van der Waals surface area contributed by atoms with E-state index in [0.29, 0.717) is 0 Å². The van der Waals surface area contributed by atoms with Crippen molar-refractivity contribution in [2.45, 2.75) is 31.6 Å². The Morgan fingerprint density at radius 3 is 1.88 bits per heavy atom. The molecule has 2 aliphatic rings. The largest absolute Gasteiger partial charge is 0.469 e. The Labute approximate surface area is 137 Å². The van der Waals surface area contributed by atoms with Crippen LogP contribution >= 0.6 is 0 Å².